The number of benzene rings is 1. The first-order chi connectivity index (χ1) is 14.1. The van der Waals surface area contributed by atoms with E-state index in [1.807, 2.05) is 14.0 Å². The maximum Gasteiger partial charge on any atom is 0.305 e. The van der Waals surface area contributed by atoms with Gasteiger partial charge in [-0.1, -0.05) is 25.0 Å². The molecule has 0 bridgehead atoms. The van der Waals surface area contributed by atoms with Crippen molar-refractivity contribution in [1.29, 1.82) is 0 Å². The minimum atomic E-state index is -0.0852. The zero-order valence-corrected chi connectivity index (χ0v) is 21.1. The topological polar surface area (TPSA) is 66.0 Å². The molecule has 6 nitrogen and oxygen atoms in total. The Morgan fingerprint density at radius 3 is 2.63 bits per heavy atom. The Morgan fingerprint density at radius 2 is 1.93 bits per heavy atom. The van der Waals surface area contributed by atoms with Crippen molar-refractivity contribution in [2.75, 3.05) is 38.2 Å². The second kappa shape index (κ2) is 15.3. The minimum absolute atomic E-state index is 0. The van der Waals surface area contributed by atoms with Gasteiger partial charge in [-0.3, -0.25) is 9.79 Å². The van der Waals surface area contributed by atoms with Gasteiger partial charge >= 0.3 is 5.97 Å². The van der Waals surface area contributed by atoms with Gasteiger partial charge in [-0.05, 0) is 57.2 Å². The lowest BCUT2D eigenvalue weighted by molar-refractivity contribution is -0.143. The summed E-state index contributed by atoms with van der Waals surface area (Å²) in [6.07, 6.45) is 7.20. The van der Waals surface area contributed by atoms with E-state index < -0.39 is 0 Å². The molecule has 1 fully saturated rings. The zero-order valence-electron chi connectivity index (χ0n) is 18.8. The summed E-state index contributed by atoms with van der Waals surface area (Å²) in [5, 5.41) is 6.89. The summed E-state index contributed by atoms with van der Waals surface area (Å²) in [4.78, 5) is 18.1. The first-order valence-electron chi connectivity index (χ1n) is 11.1. The summed E-state index contributed by atoms with van der Waals surface area (Å²) >= 11 is 0. The average molecular weight is 530 g/mol. The molecule has 30 heavy (non-hydrogen) atoms. The number of carbonyl (C=O) groups excluding carboxylic acids is 1. The lowest BCUT2D eigenvalue weighted by Crippen LogP contribution is -2.39. The van der Waals surface area contributed by atoms with Crippen molar-refractivity contribution in [3.05, 3.63) is 29.8 Å². The van der Waals surface area contributed by atoms with Crippen LogP contribution >= 0.6 is 24.0 Å². The third-order valence-electron chi connectivity index (χ3n) is 5.32. The molecule has 1 aliphatic heterocycles. The lowest BCUT2D eigenvalue weighted by Gasteiger charge is -2.22. The Hall–Kier alpha value is -1.51. The molecule has 0 radical (unpaired) electrons. The highest BCUT2D eigenvalue weighted by Gasteiger charge is 2.14. The van der Waals surface area contributed by atoms with Crippen molar-refractivity contribution in [2.45, 2.75) is 64.8 Å². The largest absolute Gasteiger partial charge is 0.466 e. The van der Waals surface area contributed by atoms with Crippen LogP contribution in [-0.4, -0.2) is 45.2 Å². The number of anilines is 1. The van der Waals surface area contributed by atoms with E-state index in [9.17, 15) is 4.79 Å². The number of aliphatic imine (C=N–C) groups is 1. The van der Waals surface area contributed by atoms with E-state index in [2.05, 4.69) is 51.7 Å². The van der Waals surface area contributed by atoms with E-state index in [1.165, 1.54) is 24.1 Å². The Bertz CT molecular complexity index is 648. The third kappa shape index (κ3) is 9.53. The molecule has 0 amide bonds. The Balaban J connectivity index is 0.00000450. The summed E-state index contributed by atoms with van der Waals surface area (Å²) in [6, 6.07) is 9.01. The van der Waals surface area contributed by atoms with Gasteiger partial charge in [0.05, 0.1) is 12.6 Å². The fraction of sp³-hybridized carbons (Fsp3) is 0.652. The van der Waals surface area contributed by atoms with Crippen molar-refractivity contribution < 1.29 is 9.53 Å². The van der Waals surface area contributed by atoms with Gasteiger partial charge in [0.25, 0.3) is 0 Å². The fourth-order valence-electron chi connectivity index (χ4n) is 3.64. The molecule has 7 heteroatoms. The molecule has 2 rings (SSSR count). The second-order valence-electron chi connectivity index (χ2n) is 7.62. The number of hydrogen-bond acceptors (Lipinski definition) is 4. The van der Waals surface area contributed by atoms with E-state index >= 15 is 0 Å². The summed E-state index contributed by atoms with van der Waals surface area (Å²) in [5.41, 5.74) is 2.59. The van der Waals surface area contributed by atoms with Crippen LogP contribution in [0.4, 0.5) is 5.69 Å². The molecule has 1 atom stereocenters. The van der Waals surface area contributed by atoms with Crippen LogP contribution in [0.1, 0.15) is 70.4 Å². The van der Waals surface area contributed by atoms with Crippen LogP contribution in [0.15, 0.2) is 29.3 Å². The summed E-state index contributed by atoms with van der Waals surface area (Å²) < 4.78 is 4.95. The predicted molar refractivity (Wildman–Crippen MR) is 136 cm³/mol. The normalized spacial score (nSPS) is 14.8. The number of esters is 1. The molecule has 1 saturated heterocycles. The molecule has 0 aliphatic carbocycles. The summed E-state index contributed by atoms with van der Waals surface area (Å²) in [7, 11) is 1.81. The lowest BCUT2D eigenvalue weighted by atomic mass is 10.1. The van der Waals surface area contributed by atoms with Crippen LogP contribution in [-0.2, 0) is 9.53 Å². The van der Waals surface area contributed by atoms with Gasteiger partial charge in [0.15, 0.2) is 5.96 Å². The zero-order chi connectivity index (χ0) is 20.9. The predicted octanol–water partition coefficient (Wildman–Crippen LogP) is 4.64. The van der Waals surface area contributed by atoms with Crippen LogP contribution in [0.5, 0.6) is 0 Å². The summed E-state index contributed by atoms with van der Waals surface area (Å²) in [6.45, 7) is 7.68. The molecule has 1 aromatic rings. The van der Waals surface area contributed by atoms with Gasteiger partial charge in [0.2, 0.25) is 0 Å². The number of ether oxygens (including phenoxy) is 1. The van der Waals surface area contributed by atoms with Crippen LogP contribution in [0, 0.1) is 0 Å². The summed E-state index contributed by atoms with van der Waals surface area (Å²) in [5.74, 6) is 0.744. The first kappa shape index (κ1) is 26.5. The molecule has 1 aromatic carbocycles. The molecule has 2 N–H and O–H groups in total. The van der Waals surface area contributed by atoms with E-state index in [4.69, 9.17) is 4.74 Å². The minimum Gasteiger partial charge on any atom is -0.466 e. The fourth-order valence-corrected chi connectivity index (χ4v) is 3.64. The van der Waals surface area contributed by atoms with Crippen molar-refractivity contribution >= 4 is 41.6 Å². The van der Waals surface area contributed by atoms with Gasteiger partial charge < -0.3 is 20.3 Å². The Labute approximate surface area is 199 Å². The molecule has 0 saturated carbocycles. The molecule has 170 valence electrons. The molecular formula is C23H39IN4O2. The van der Waals surface area contributed by atoms with Gasteiger partial charge in [0, 0.05) is 38.8 Å². The number of halogens is 1. The monoisotopic (exact) mass is 530 g/mol. The van der Waals surface area contributed by atoms with Crippen LogP contribution < -0.4 is 15.5 Å². The molecule has 0 aromatic heterocycles. The van der Waals surface area contributed by atoms with Crippen molar-refractivity contribution in [1.82, 2.24) is 10.6 Å². The SMILES string of the molecule is CCOC(=O)CCCCCCNC(=NC)NC(C)c1cccc(N2CCCC2)c1.I. The van der Waals surface area contributed by atoms with Gasteiger partial charge in [-0.15, -0.1) is 24.0 Å². The number of nitrogens with one attached hydrogen (secondary N) is 2. The van der Waals surface area contributed by atoms with Crippen molar-refractivity contribution in [3.63, 3.8) is 0 Å². The van der Waals surface area contributed by atoms with E-state index in [0.717, 1.165) is 51.3 Å². The van der Waals surface area contributed by atoms with Crippen LogP contribution in [0.25, 0.3) is 0 Å². The third-order valence-corrected chi connectivity index (χ3v) is 5.32. The molecule has 1 unspecified atom stereocenters. The standard InChI is InChI=1S/C23H38N4O2.HI/c1-4-29-22(28)14-7-5-6-8-15-25-23(24-3)26-19(2)20-12-11-13-21(18-20)27-16-9-10-17-27;/h11-13,18-19H,4-10,14-17H2,1-3H3,(H2,24,25,26);1H. The number of nitrogens with zero attached hydrogens (tertiary/aromatic N) is 2. The van der Waals surface area contributed by atoms with E-state index in [1.54, 1.807) is 0 Å². The first-order valence-corrected chi connectivity index (χ1v) is 11.1. The number of rotatable bonds is 11. The highest BCUT2D eigenvalue weighted by Crippen LogP contribution is 2.23. The van der Waals surface area contributed by atoms with Crippen LogP contribution in [0.3, 0.4) is 0 Å². The highest BCUT2D eigenvalue weighted by molar-refractivity contribution is 14.0. The maximum atomic E-state index is 11.3. The number of hydrogen-bond donors (Lipinski definition) is 2. The average Bonchev–Trinajstić information content (AvgIpc) is 3.27. The molecular weight excluding hydrogens is 491 g/mol. The second-order valence-corrected chi connectivity index (χ2v) is 7.62. The van der Waals surface area contributed by atoms with Gasteiger partial charge in [0.1, 0.15) is 0 Å². The van der Waals surface area contributed by atoms with E-state index in [0.29, 0.717) is 13.0 Å². The Kier molecular flexibility index (Phi) is 13.5. The van der Waals surface area contributed by atoms with Gasteiger partial charge in [-0.25, -0.2) is 0 Å². The smallest absolute Gasteiger partial charge is 0.305 e. The maximum absolute atomic E-state index is 11.3. The molecule has 0 spiro atoms. The van der Waals surface area contributed by atoms with Crippen molar-refractivity contribution in [3.8, 4) is 0 Å². The number of guanidine groups is 1. The van der Waals surface area contributed by atoms with Gasteiger partial charge in [-0.2, -0.15) is 0 Å². The van der Waals surface area contributed by atoms with E-state index in [-0.39, 0.29) is 36.0 Å². The Morgan fingerprint density at radius 1 is 1.20 bits per heavy atom. The number of carbonyl (C=O) groups is 1. The molecule has 1 heterocycles. The molecule has 1 aliphatic rings. The van der Waals surface area contributed by atoms with Crippen LogP contribution in [0.2, 0.25) is 0 Å². The quantitative estimate of drug-likeness (QED) is 0.144. The highest BCUT2D eigenvalue weighted by atomic mass is 127. The van der Waals surface area contributed by atoms with Crippen molar-refractivity contribution in [2.24, 2.45) is 4.99 Å². The number of unbranched alkanes of at least 4 members (excludes halogenated alkanes) is 3.